The van der Waals surface area contributed by atoms with Gasteiger partial charge in [0, 0.05) is 29.2 Å². The van der Waals surface area contributed by atoms with Gasteiger partial charge in [-0.1, -0.05) is 19.9 Å². The highest BCUT2D eigenvalue weighted by Gasteiger charge is 2.39. The third kappa shape index (κ3) is 6.29. The second-order valence-corrected chi connectivity index (χ2v) is 12.0. The van der Waals surface area contributed by atoms with Crippen LogP contribution < -0.4 is 4.74 Å². The van der Waals surface area contributed by atoms with Crippen LogP contribution in [-0.2, 0) is 23.9 Å². The molecule has 1 aliphatic heterocycles. The van der Waals surface area contributed by atoms with Crippen molar-refractivity contribution in [2.45, 2.75) is 39.1 Å². The summed E-state index contributed by atoms with van der Waals surface area (Å²) in [5, 5.41) is 9.52. The zero-order valence-electron chi connectivity index (χ0n) is 25.2. The lowest BCUT2D eigenvalue weighted by Gasteiger charge is -2.28. The molecule has 15 heteroatoms. The smallest absolute Gasteiger partial charge is 0.416 e. The van der Waals surface area contributed by atoms with Crippen LogP contribution in [0.5, 0.6) is 6.01 Å². The van der Waals surface area contributed by atoms with Crippen LogP contribution in [0.15, 0.2) is 54.7 Å². The standard InChI is InChI=1S/C33H25F7N4O4/c1-32(2)15-47-14-27(32)44-26-9-18(30(45)46)8-24(37)29(26)43-28(44)10-17-7-23(36)20(12-22(17)35)25-5-6-41-31(42-25)48-13-16-3-4-19(11-21(16)34)33(38,39)40/h3-9,11-12,27H,10,13-15H2,1-2H3,(H,45,46). The van der Waals surface area contributed by atoms with E-state index in [0.717, 1.165) is 24.3 Å². The van der Waals surface area contributed by atoms with Crippen LogP contribution in [-0.4, -0.2) is 43.8 Å². The zero-order valence-corrected chi connectivity index (χ0v) is 25.2. The van der Waals surface area contributed by atoms with Crippen molar-refractivity contribution in [1.82, 2.24) is 19.5 Å². The third-order valence-electron chi connectivity index (χ3n) is 8.16. The van der Waals surface area contributed by atoms with E-state index in [-0.39, 0.29) is 63.8 Å². The Morgan fingerprint density at radius 1 is 0.979 bits per heavy atom. The van der Waals surface area contributed by atoms with E-state index < -0.39 is 59.0 Å². The van der Waals surface area contributed by atoms with Crippen LogP contribution in [0.3, 0.4) is 0 Å². The number of alkyl halides is 3. The van der Waals surface area contributed by atoms with Crippen LogP contribution in [0, 0.1) is 28.7 Å². The molecule has 1 aliphatic rings. The molecular weight excluding hydrogens is 649 g/mol. The number of carbonyl (C=O) groups is 1. The molecule has 1 atom stereocenters. The molecule has 48 heavy (non-hydrogen) atoms. The third-order valence-corrected chi connectivity index (χ3v) is 8.16. The highest BCUT2D eigenvalue weighted by Crippen LogP contribution is 2.41. The van der Waals surface area contributed by atoms with E-state index in [2.05, 4.69) is 15.0 Å². The average Bonchev–Trinajstić information content (AvgIpc) is 3.55. The van der Waals surface area contributed by atoms with Crippen LogP contribution in [0.1, 0.15) is 52.8 Å². The van der Waals surface area contributed by atoms with E-state index in [4.69, 9.17) is 9.47 Å². The van der Waals surface area contributed by atoms with Crippen molar-refractivity contribution in [2.75, 3.05) is 13.2 Å². The van der Waals surface area contributed by atoms with E-state index in [1.54, 1.807) is 4.57 Å². The quantitative estimate of drug-likeness (QED) is 0.170. The van der Waals surface area contributed by atoms with Crippen molar-refractivity contribution in [3.8, 4) is 17.3 Å². The first kappa shape index (κ1) is 32.9. The molecule has 0 amide bonds. The second-order valence-electron chi connectivity index (χ2n) is 12.0. The number of nitrogens with zero attached hydrogens (tertiary/aromatic N) is 4. The fraction of sp³-hybridized carbons (Fsp3) is 0.273. The number of halogens is 7. The lowest BCUT2D eigenvalue weighted by molar-refractivity contribution is -0.137. The van der Waals surface area contributed by atoms with Crippen molar-refractivity contribution in [2.24, 2.45) is 5.41 Å². The molecule has 1 unspecified atom stereocenters. The van der Waals surface area contributed by atoms with E-state index >= 15 is 13.2 Å². The van der Waals surface area contributed by atoms with Gasteiger partial charge < -0.3 is 19.1 Å². The van der Waals surface area contributed by atoms with Crippen molar-refractivity contribution in [3.63, 3.8) is 0 Å². The van der Waals surface area contributed by atoms with Gasteiger partial charge in [-0.2, -0.15) is 18.2 Å². The number of fused-ring (bicyclic) bond motifs is 1. The first-order valence-corrected chi connectivity index (χ1v) is 14.4. The number of hydrogen-bond acceptors (Lipinski definition) is 6. The average molecular weight is 675 g/mol. The summed E-state index contributed by atoms with van der Waals surface area (Å²) in [6.45, 7) is 3.82. The van der Waals surface area contributed by atoms with Crippen LogP contribution in [0.25, 0.3) is 22.3 Å². The Balaban J connectivity index is 1.30. The maximum absolute atomic E-state index is 15.6. The lowest BCUT2D eigenvalue weighted by atomic mass is 9.87. The molecular formula is C33H25F7N4O4. The Labute approximate surface area is 267 Å². The summed E-state index contributed by atoms with van der Waals surface area (Å²) in [6.07, 6.45) is -3.84. The zero-order chi connectivity index (χ0) is 34.5. The molecule has 0 aliphatic carbocycles. The van der Waals surface area contributed by atoms with Crippen LogP contribution in [0.4, 0.5) is 30.7 Å². The monoisotopic (exact) mass is 674 g/mol. The molecule has 3 aromatic carbocycles. The van der Waals surface area contributed by atoms with Crippen molar-refractivity contribution >= 4 is 17.0 Å². The van der Waals surface area contributed by atoms with Gasteiger partial charge in [-0.3, -0.25) is 0 Å². The fourth-order valence-corrected chi connectivity index (χ4v) is 5.61. The molecule has 0 radical (unpaired) electrons. The minimum atomic E-state index is -4.73. The Morgan fingerprint density at radius 3 is 2.40 bits per heavy atom. The molecule has 1 N–H and O–H groups in total. The van der Waals surface area contributed by atoms with Gasteiger partial charge in [-0.25, -0.2) is 32.3 Å². The summed E-state index contributed by atoms with van der Waals surface area (Å²) in [7, 11) is 0. The molecule has 6 rings (SSSR count). The highest BCUT2D eigenvalue weighted by molar-refractivity contribution is 5.93. The molecule has 0 saturated carbocycles. The van der Waals surface area contributed by atoms with Gasteiger partial charge in [0.2, 0.25) is 0 Å². The molecule has 0 bridgehead atoms. The number of rotatable bonds is 8. The van der Waals surface area contributed by atoms with Gasteiger partial charge in [0.05, 0.1) is 41.6 Å². The van der Waals surface area contributed by atoms with Gasteiger partial charge in [-0.15, -0.1) is 0 Å². The minimum absolute atomic E-state index is 0.101. The molecule has 5 aromatic rings. The molecule has 0 spiro atoms. The maximum atomic E-state index is 15.6. The van der Waals surface area contributed by atoms with Crippen molar-refractivity contribution < 1.29 is 50.1 Å². The SMILES string of the molecule is CC1(C)COCC1n1c(Cc2cc(F)c(-c3ccnc(OCc4ccc(C(F)(F)F)cc4F)n3)cc2F)nc2c(F)cc(C(=O)O)cc21. The van der Waals surface area contributed by atoms with Crippen LogP contribution in [0.2, 0.25) is 0 Å². The Bertz CT molecular complexity index is 2060. The summed E-state index contributed by atoms with van der Waals surface area (Å²) >= 11 is 0. The number of hydrogen-bond donors (Lipinski definition) is 1. The first-order chi connectivity index (χ1) is 22.6. The predicted octanol–water partition coefficient (Wildman–Crippen LogP) is 7.53. The van der Waals surface area contributed by atoms with Crippen molar-refractivity contribution in [3.05, 3.63) is 106 Å². The maximum Gasteiger partial charge on any atom is 0.416 e. The van der Waals surface area contributed by atoms with E-state index in [0.29, 0.717) is 18.7 Å². The van der Waals surface area contributed by atoms with E-state index in [9.17, 15) is 27.5 Å². The number of carboxylic acids is 1. The Hall–Kier alpha value is -5.05. The lowest BCUT2D eigenvalue weighted by Crippen LogP contribution is -2.27. The van der Waals surface area contributed by atoms with Gasteiger partial charge in [-0.05, 0) is 48.0 Å². The minimum Gasteiger partial charge on any atom is -0.478 e. The van der Waals surface area contributed by atoms with E-state index in [1.807, 2.05) is 13.8 Å². The van der Waals surface area contributed by atoms with Gasteiger partial charge in [0.15, 0.2) is 5.82 Å². The van der Waals surface area contributed by atoms with E-state index in [1.165, 1.54) is 18.3 Å². The van der Waals surface area contributed by atoms with Gasteiger partial charge >= 0.3 is 18.2 Å². The molecule has 1 saturated heterocycles. The van der Waals surface area contributed by atoms with Gasteiger partial charge in [0.25, 0.3) is 0 Å². The highest BCUT2D eigenvalue weighted by atomic mass is 19.4. The number of benzene rings is 3. The molecule has 8 nitrogen and oxygen atoms in total. The second kappa shape index (κ2) is 12.2. The number of aromatic carboxylic acids is 1. The number of carboxylic acid groups (broad SMARTS) is 1. The van der Waals surface area contributed by atoms with Crippen LogP contribution >= 0.6 is 0 Å². The van der Waals surface area contributed by atoms with Gasteiger partial charge in [0.1, 0.15) is 35.4 Å². The summed E-state index contributed by atoms with van der Waals surface area (Å²) in [5.41, 5.74) is -2.64. The number of aromatic nitrogens is 4. The Morgan fingerprint density at radius 2 is 1.73 bits per heavy atom. The largest absolute Gasteiger partial charge is 0.478 e. The summed E-state index contributed by atoms with van der Waals surface area (Å²) in [5.74, 6) is -4.98. The molecule has 250 valence electrons. The van der Waals surface area contributed by atoms with Crippen molar-refractivity contribution in [1.29, 1.82) is 0 Å². The molecule has 2 aromatic heterocycles. The summed E-state index contributed by atoms with van der Waals surface area (Å²) in [4.78, 5) is 24.0. The Kier molecular flexibility index (Phi) is 8.35. The predicted molar refractivity (Wildman–Crippen MR) is 156 cm³/mol. The number of ether oxygens (including phenoxy) is 2. The number of imidazole rings is 1. The normalized spacial score (nSPS) is 16.1. The molecule has 1 fully saturated rings. The topological polar surface area (TPSA) is 99.4 Å². The first-order valence-electron chi connectivity index (χ1n) is 14.4. The fourth-order valence-electron chi connectivity index (χ4n) is 5.61. The molecule has 3 heterocycles. The summed E-state index contributed by atoms with van der Waals surface area (Å²) in [6, 6.07) is 6.37. The summed E-state index contributed by atoms with van der Waals surface area (Å²) < 4.78 is 112.